The monoisotopic (exact) mass is 354 g/mol. The van der Waals surface area contributed by atoms with E-state index >= 15 is 0 Å². The van der Waals surface area contributed by atoms with Crippen molar-refractivity contribution >= 4 is 21.5 Å². The van der Waals surface area contributed by atoms with Gasteiger partial charge in [-0.3, -0.25) is 10.1 Å². The summed E-state index contributed by atoms with van der Waals surface area (Å²) in [6.45, 7) is 3.29. The summed E-state index contributed by atoms with van der Waals surface area (Å²) in [4.78, 5) is 21.6. The summed E-state index contributed by atoms with van der Waals surface area (Å²) in [6.07, 6.45) is 0. The first-order valence-electron chi connectivity index (χ1n) is 6.80. The summed E-state index contributed by atoms with van der Waals surface area (Å²) in [5.74, 6) is -1.24. The number of rotatable bonds is 6. The van der Waals surface area contributed by atoms with E-state index in [-0.39, 0.29) is 28.6 Å². The average Bonchev–Trinajstić information content (AvgIpc) is 2.88. The lowest BCUT2D eigenvalue weighted by molar-refractivity contribution is -0.384. The molecule has 128 valence electrons. The molecule has 0 spiro atoms. The molecule has 10 nitrogen and oxygen atoms in total. The first-order chi connectivity index (χ1) is 11.3. The Labute approximate surface area is 137 Å². The summed E-state index contributed by atoms with van der Waals surface area (Å²) >= 11 is 0. The van der Waals surface area contributed by atoms with E-state index in [0.717, 1.165) is 28.9 Å². The molecule has 24 heavy (non-hydrogen) atoms. The number of ether oxygens (including phenoxy) is 1. The predicted molar refractivity (Wildman–Crippen MR) is 81.0 cm³/mol. The number of nitro benzene ring substituents is 1. The van der Waals surface area contributed by atoms with E-state index in [9.17, 15) is 23.3 Å². The number of carbonyl (C=O) groups excluding carboxylic acids is 1. The number of sulfone groups is 1. The number of esters is 1. The van der Waals surface area contributed by atoms with Crippen molar-refractivity contribution in [1.82, 2.24) is 15.0 Å². The molecule has 1 aromatic carbocycles. The molecule has 11 heteroatoms. The van der Waals surface area contributed by atoms with E-state index in [0.29, 0.717) is 0 Å². The van der Waals surface area contributed by atoms with Gasteiger partial charge in [-0.2, -0.15) is 0 Å². The second kappa shape index (κ2) is 6.74. The third-order valence-corrected chi connectivity index (χ3v) is 4.73. The Morgan fingerprint density at radius 2 is 1.96 bits per heavy atom. The number of carbonyl (C=O) groups is 1. The summed E-state index contributed by atoms with van der Waals surface area (Å²) in [7, 11) is -3.82. The molecule has 0 saturated carbocycles. The van der Waals surface area contributed by atoms with Crippen LogP contribution in [0.25, 0.3) is 0 Å². The molecule has 0 aliphatic heterocycles. The van der Waals surface area contributed by atoms with Crippen molar-refractivity contribution in [3.8, 4) is 0 Å². The van der Waals surface area contributed by atoms with Crippen LogP contribution >= 0.6 is 0 Å². The lowest BCUT2D eigenvalue weighted by Crippen LogP contribution is -2.14. The second-order valence-corrected chi connectivity index (χ2v) is 6.70. The molecule has 0 atom stereocenters. The van der Waals surface area contributed by atoms with E-state index in [4.69, 9.17) is 4.74 Å². The van der Waals surface area contributed by atoms with Gasteiger partial charge in [0.25, 0.3) is 5.69 Å². The number of hydrogen-bond donors (Lipinski definition) is 0. The van der Waals surface area contributed by atoms with Crippen LogP contribution in [-0.4, -0.2) is 40.9 Å². The predicted octanol–water partition coefficient (Wildman–Crippen LogP) is 1.10. The van der Waals surface area contributed by atoms with E-state index in [1.54, 1.807) is 6.92 Å². The van der Waals surface area contributed by atoms with Crippen molar-refractivity contribution < 1.29 is 22.9 Å². The fourth-order valence-corrected chi connectivity index (χ4v) is 3.15. The van der Waals surface area contributed by atoms with Gasteiger partial charge in [-0.1, -0.05) is 5.21 Å². The summed E-state index contributed by atoms with van der Waals surface area (Å²) < 4.78 is 30.6. The first kappa shape index (κ1) is 17.5. The van der Waals surface area contributed by atoms with Crippen molar-refractivity contribution in [2.75, 3.05) is 6.61 Å². The number of non-ortho nitro benzene ring substituents is 1. The van der Waals surface area contributed by atoms with Crippen LogP contribution < -0.4 is 0 Å². The van der Waals surface area contributed by atoms with Gasteiger partial charge < -0.3 is 4.74 Å². The molecule has 2 rings (SSSR count). The van der Waals surface area contributed by atoms with E-state index < -0.39 is 26.6 Å². The Hall–Kier alpha value is -2.82. The largest absolute Gasteiger partial charge is 0.461 e. The number of aromatic nitrogens is 3. The lowest BCUT2D eigenvalue weighted by atomic mass is 10.3. The van der Waals surface area contributed by atoms with Crippen molar-refractivity contribution in [1.29, 1.82) is 0 Å². The minimum Gasteiger partial charge on any atom is -0.461 e. The van der Waals surface area contributed by atoms with Crippen LogP contribution in [0.2, 0.25) is 0 Å². The zero-order valence-electron chi connectivity index (χ0n) is 12.9. The highest BCUT2D eigenvalue weighted by Gasteiger charge is 2.22. The lowest BCUT2D eigenvalue weighted by Gasteiger charge is -2.06. The molecule has 1 aromatic heterocycles. The Morgan fingerprint density at radius 1 is 1.33 bits per heavy atom. The molecule has 0 radical (unpaired) electrons. The van der Waals surface area contributed by atoms with Gasteiger partial charge in [0.15, 0.2) is 15.5 Å². The Morgan fingerprint density at radius 3 is 2.50 bits per heavy atom. The van der Waals surface area contributed by atoms with Gasteiger partial charge in [0, 0.05) is 12.1 Å². The van der Waals surface area contributed by atoms with Crippen LogP contribution in [0.15, 0.2) is 29.2 Å². The molecule has 2 aromatic rings. The highest BCUT2D eigenvalue weighted by atomic mass is 32.2. The molecule has 0 saturated heterocycles. The Balaban J connectivity index is 2.26. The van der Waals surface area contributed by atoms with Crippen LogP contribution in [0.1, 0.15) is 23.1 Å². The van der Waals surface area contributed by atoms with E-state index in [1.165, 1.54) is 6.92 Å². The topological polar surface area (TPSA) is 134 Å². The van der Waals surface area contributed by atoms with Crippen LogP contribution in [-0.2, 0) is 20.5 Å². The smallest absolute Gasteiger partial charge is 0.360 e. The minimum atomic E-state index is -3.82. The van der Waals surface area contributed by atoms with Crippen LogP contribution in [0.4, 0.5) is 5.69 Å². The van der Waals surface area contributed by atoms with Crippen LogP contribution in [0.5, 0.6) is 0 Å². The maximum atomic E-state index is 12.4. The maximum absolute atomic E-state index is 12.4. The number of benzene rings is 1. The van der Waals surface area contributed by atoms with Gasteiger partial charge in [-0.05, 0) is 26.0 Å². The summed E-state index contributed by atoms with van der Waals surface area (Å²) in [6, 6.07) is 4.49. The molecule has 0 aliphatic rings. The SMILES string of the molecule is CCOC(=O)c1nnn(CS(=O)(=O)c2ccc([N+](=O)[O-])cc2)c1C. The molecular formula is C13H14N4O6S. The molecule has 1 heterocycles. The first-order valence-corrected chi connectivity index (χ1v) is 8.46. The summed E-state index contributed by atoms with van der Waals surface area (Å²) in [5.41, 5.74) is -0.0230. The quantitative estimate of drug-likeness (QED) is 0.427. The third-order valence-electron chi connectivity index (χ3n) is 3.15. The fourth-order valence-electron chi connectivity index (χ4n) is 1.88. The van der Waals surface area contributed by atoms with Gasteiger partial charge in [-0.15, -0.1) is 5.10 Å². The molecule has 0 fully saturated rings. The average molecular weight is 354 g/mol. The molecular weight excluding hydrogens is 340 g/mol. The molecule has 0 aliphatic carbocycles. The van der Waals surface area contributed by atoms with Crippen molar-refractivity contribution in [3.05, 3.63) is 45.8 Å². The van der Waals surface area contributed by atoms with E-state index in [2.05, 4.69) is 10.3 Å². The third kappa shape index (κ3) is 3.56. The highest BCUT2D eigenvalue weighted by Crippen LogP contribution is 2.18. The number of hydrogen-bond acceptors (Lipinski definition) is 8. The van der Waals surface area contributed by atoms with Crippen molar-refractivity contribution in [3.63, 3.8) is 0 Å². The number of nitrogens with zero attached hydrogens (tertiary/aromatic N) is 4. The van der Waals surface area contributed by atoms with Crippen molar-refractivity contribution in [2.24, 2.45) is 0 Å². The fraction of sp³-hybridized carbons (Fsp3) is 0.308. The zero-order chi connectivity index (χ0) is 17.9. The van der Waals surface area contributed by atoms with E-state index in [1.807, 2.05) is 0 Å². The molecule has 0 bridgehead atoms. The highest BCUT2D eigenvalue weighted by molar-refractivity contribution is 7.90. The number of nitro groups is 1. The van der Waals surface area contributed by atoms with Crippen LogP contribution in [0, 0.1) is 17.0 Å². The molecule has 0 amide bonds. The second-order valence-electron chi connectivity index (χ2n) is 4.74. The molecule has 0 unspecified atom stereocenters. The Kier molecular flexibility index (Phi) is 4.93. The maximum Gasteiger partial charge on any atom is 0.360 e. The minimum absolute atomic E-state index is 0.0595. The van der Waals surface area contributed by atoms with Crippen LogP contribution in [0.3, 0.4) is 0 Å². The standard InChI is InChI=1S/C13H14N4O6S/c1-3-23-13(18)12-9(2)16(15-14-12)8-24(21,22)11-6-4-10(5-7-11)17(19)20/h4-7H,3,8H2,1-2H3. The van der Waals surface area contributed by atoms with Gasteiger partial charge in [-0.25, -0.2) is 17.9 Å². The molecule has 0 N–H and O–H groups in total. The van der Waals surface area contributed by atoms with Gasteiger partial charge in [0.05, 0.1) is 22.1 Å². The van der Waals surface area contributed by atoms with Gasteiger partial charge in [0.1, 0.15) is 5.88 Å². The normalized spacial score (nSPS) is 11.2. The van der Waals surface area contributed by atoms with Gasteiger partial charge >= 0.3 is 5.97 Å². The summed E-state index contributed by atoms with van der Waals surface area (Å²) in [5, 5.41) is 17.9. The zero-order valence-corrected chi connectivity index (χ0v) is 13.7. The van der Waals surface area contributed by atoms with Crippen molar-refractivity contribution in [2.45, 2.75) is 24.6 Å². The van der Waals surface area contributed by atoms with Gasteiger partial charge in [0.2, 0.25) is 0 Å². The Bertz CT molecular complexity index is 872.